The molecule has 0 spiro atoms. The zero-order valence-electron chi connectivity index (χ0n) is 16.6. The molecule has 4 aromatic rings. The third kappa shape index (κ3) is 3.98. The van der Waals surface area contributed by atoms with Crippen molar-refractivity contribution in [2.75, 3.05) is 6.54 Å². The van der Waals surface area contributed by atoms with E-state index < -0.39 is 0 Å². The molecule has 0 aliphatic heterocycles. The average Bonchev–Trinajstić information content (AvgIpc) is 3.48. The number of aromatic nitrogens is 2. The number of nitrogens with one attached hydrogen (secondary N) is 1. The summed E-state index contributed by atoms with van der Waals surface area (Å²) in [4.78, 5) is 18.4. The number of pyridine rings is 1. The standard InChI is InChI=1S/C25H23N3OS/c29-24(26-18-25(13-14-25)20-6-2-1-3-7-20)19-9-11-22(12-10-19)30-17-21-16-28-15-5-4-8-23(28)27-21/h1-12,15-16H,13-14,17-18H2,(H,26,29). The van der Waals surface area contributed by atoms with Crippen molar-refractivity contribution < 1.29 is 4.79 Å². The zero-order valence-corrected chi connectivity index (χ0v) is 17.4. The summed E-state index contributed by atoms with van der Waals surface area (Å²) in [5.41, 5.74) is 4.16. The van der Waals surface area contributed by atoms with Crippen LogP contribution in [0.5, 0.6) is 0 Å². The third-order valence-corrected chi connectivity index (χ3v) is 6.79. The summed E-state index contributed by atoms with van der Waals surface area (Å²) >= 11 is 1.73. The van der Waals surface area contributed by atoms with Gasteiger partial charge in [0, 0.05) is 40.6 Å². The highest BCUT2D eigenvalue weighted by molar-refractivity contribution is 7.98. The Balaban J connectivity index is 1.17. The molecule has 1 fully saturated rings. The topological polar surface area (TPSA) is 46.4 Å². The minimum absolute atomic E-state index is 0.00546. The van der Waals surface area contributed by atoms with E-state index in [-0.39, 0.29) is 11.3 Å². The maximum absolute atomic E-state index is 12.6. The van der Waals surface area contributed by atoms with Gasteiger partial charge in [-0.2, -0.15) is 0 Å². The van der Waals surface area contributed by atoms with Crippen LogP contribution in [0.4, 0.5) is 0 Å². The normalized spacial score (nSPS) is 14.5. The third-order valence-electron chi connectivity index (χ3n) is 5.74. The number of rotatable bonds is 7. The van der Waals surface area contributed by atoms with Gasteiger partial charge in [0.15, 0.2) is 0 Å². The second-order valence-electron chi connectivity index (χ2n) is 7.84. The van der Waals surface area contributed by atoms with Crippen molar-refractivity contribution in [3.63, 3.8) is 0 Å². The summed E-state index contributed by atoms with van der Waals surface area (Å²) in [6, 6.07) is 24.3. The van der Waals surface area contributed by atoms with Gasteiger partial charge < -0.3 is 9.72 Å². The number of imidazole rings is 1. The lowest BCUT2D eigenvalue weighted by molar-refractivity contribution is 0.0949. The monoisotopic (exact) mass is 413 g/mol. The lowest BCUT2D eigenvalue weighted by atomic mass is 9.96. The molecule has 0 bridgehead atoms. The maximum Gasteiger partial charge on any atom is 0.251 e. The van der Waals surface area contributed by atoms with Crippen molar-refractivity contribution >= 4 is 23.3 Å². The summed E-state index contributed by atoms with van der Waals surface area (Å²) in [5, 5.41) is 3.13. The van der Waals surface area contributed by atoms with Crippen LogP contribution in [0.15, 0.2) is 90.1 Å². The Morgan fingerprint density at radius 2 is 1.77 bits per heavy atom. The van der Waals surface area contributed by atoms with Crippen molar-refractivity contribution in [1.29, 1.82) is 0 Å². The van der Waals surface area contributed by atoms with E-state index in [0.717, 1.165) is 34.8 Å². The van der Waals surface area contributed by atoms with Crippen molar-refractivity contribution in [2.24, 2.45) is 0 Å². The summed E-state index contributed by atoms with van der Waals surface area (Å²) in [6.07, 6.45) is 6.34. The molecule has 5 rings (SSSR count). The van der Waals surface area contributed by atoms with Crippen LogP contribution in [0, 0.1) is 0 Å². The fourth-order valence-electron chi connectivity index (χ4n) is 3.78. The number of benzene rings is 2. The SMILES string of the molecule is O=C(NCC1(c2ccccc2)CC1)c1ccc(SCc2cn3ccccc3n2)cc1. The van der Waals surface area contributed by atoms with E-state index in [2.05, 4.69) is 40.8 Å². The van der Waals surface area contributed by atoms with Crippen molar-refractivity contribution in [2.45, 2.75) is 28.9 Å². The highest BCUT2D eigenvalue weighted by Gasteiger charge is 2.44. The number of fused-ring (bicyclic) bond motifs is 1. The molecule has 2 aromatic heterocycles. The van der Waals surface area contributed by atoms with Gasteiger partial charge in [-0.3, -0.25) is 4.79 Å². The lowest BCUT2D eigenvalue weighted by Crippen LogP contribution is -2.32. The Bertz CT molecular complexity index is 1130. The average molecular weight is 414 g/mol. The number of hydrogen-bond acceptors (Lipinski definition) is 3. The second kappa shape index (κ2) is 8.00. The number of nitrogens with zero attached hydrogens (tertiary/aromatic N) is 2. The van der Waals surface area contributed by atoms with Gasteiger partial charge in [-0.05, 0) is 54.8 Å². The molecular weight excluding hydrogens is 390 g/mol. The molecule has 1 saturated carbocycles. The smallest absolute Gasteiger partial charge is 0.251 e. The van der Waals surface area contributed by atoms with E-state index in [4.69, 9.17) is 0 Å². The molecule has 0 atom stereocenters. The summed E-state index contributed by atoms with van der Waals surface area (Å²) in [6.45, 7) is 0.695. The zero-order chi connectivity index (χ0) is 20.4. The summed E-state index contributed by atoms with van der Waals surface area (Å²) < 4.78 is 2.03. The minimum atomic E-state index is -0.00546. The van der Waals surface area contributed by atoms with Gasteiger partial charge in [0.2, 0.25) is 0 Å². The van der Waals surface area contributed by atoms with Gasteiger partial charge in [-0.1, -0.05) is 36.4 Å². The Hall–Kier alpha value is -3.05. The van der Waals surface area contributed by atoms with Crippen LogP contribution < -0.4 is 5.32 Å². The van der Waals surface area contributed by atoms with Crippen LogP contribution >= 0.6 is 11.8 Å². The molecule has 0 saturated heterocycles. The van der Waals surface area contributed by atoms with Crippen LogP contribution in [-0.4, -0.2) is 21.8 Å². The quantitative estimate of drug-likeness (QED) is 0.429. The molecule has 4 nitrogen and oxygen atoms in total. The lowest BCUT2D eigenvalue weighted by Gasteiger charge is -2.16. The first-order valence-electron chi connectivity index (χ1n) is 10.2. The first kappa shape index (κ1) is 18.9. The van der Waals surface area contributed by atoms with Gasteiger partial charge in [0.05, 0.1) is 5.69 Å². The van der Waals surface area contributed by atoms with E-state index in [9.17, 15) is 4.79 Å². The Morgan fingerprint density at radius 1 is 1.00 bits per heavy atom. The van der Waals surface area contributed by atoms with Crippen LogP contribution in [0.2, 0.25) is 0 Å². The molecule has 5 heteroatoms. The molecule has 1 N–H and O–H groups in total. The fraction of sp³-hybridized carbons (Fsp3) is 0.200. The molecule has 0 unspecified atom stereocenters. The number of amides is 1. The number of carbonyl (C=O) groups is 1. The minimum Gasteiger partial charge on any atom is -0.351 e. The molecular formula is C25H23N3OS. The Kier molecular flexibility index (Phi) is 5.05. The van der Waals surface area contributed by atoms with Gasteiger partial charge in [0.25, 0.3) is 5.91 Å². The summed E-state index contributed by atoms with van der Waals surface area (Å²) in [5.74, 6) is 0.793. The Labute approximate surface area is 180 Å². The van der Waals surface area contributed by atoms with Crippen LogP contribution in [-0.2, 0) is 11.2 Å². The van der Waals surface area contributed by atoms with Crippen LogP contribution in [0.3, 0.4) is 0 Å². The molecule has 30 heavy (non-hydrogen) atoms. The van der Waals surface area contributed by atoms with E-state index >= 15 is 0 Å². The molecule has 150 valence electrons. The van der Waals surface area contributed by atoms with E-state index in [1.54, 1.807) is 11.8 Å². The van der Waals surface area contributed by atoms with Crippen molar-refractivity contribution in [3.05, 3.63) is 102 Å². The molecule has 2 aromatic carbocycles. The highest BCUT2D eigenvalue weighted by atomic mass is 32.2. The van der Waals surface area contributed by atoms with Gasteiger partial charge in [-0.25, -0.2) is 4.98 Å². The van der Waals surface area contributed by atoms with E-state index in [1.165, 1.54) is 5.56 Å². The van der Waals surface area contributed by atoms with Crippen molar-refractivity contribution in [3.8, 4) is 0 Å². The van der Waals surface area contributed by atoms with Gasteiger partial charge >= 0.3 is 0 Å². The maximum atomic E-state index is 12.6. The second-order valence-corrected chi connectivity index (χ2v) is 8.89. The largest absolute Gasteiger partial charge is 0.351 e. The molecule has 0 radical (unpaired) electrons. The van der Waals surface area contributed by atoms with Crippen LogP contribution in [0.1, 0.15) is 34.5 Å². The number of thioether (sulfide) groups is 1. The highest BCUT2D eigenvalue weighted by Crippen LogP contribution is 2.47. The predicted octanol–water partition coefficient (Wildman–Crippen LogP) is 5.09. The first-order chi connectivity index (χ1) is 14.7. The van der Waals surface area contributed by atoms with E-state index in [0.29, 0.717) is 12.1 Å². The van der Waals surface area contributed by atoms with E-state index in [1.807, 2.05) is 59.1 Å². The van der Waals surface area contributed by atoms with Crippen molar-refractivity contribution in [1.82, 2.24) is 14.7 Å². The fourth-order valence-corrected chi connectivity index (χ4v) is 4.56. The number of carbonyl (C=O) groups excluding carboxylic acids is 1. The van der Waals surface area contributed by atoms with Crippen LogP contribution in [0.25, 0.3) is 5.65 Å². The van der Waals surface area contributed by atoms with Gasteiger partial charge in [0.1, 0.15) is 5.65 Å². The Morgan fingerprint density at radius 3 is 2.50 bits per heavy atom. The molecule has 1 aliphatic rings. The first-order valence-corrected chi connectivity index (χ1v) is 11.2. The molecule has 2 heterocycles. The predicted molar refractivity (Wildman–Crippen MR) is 121 cm³/mol. The molecule has 1 aliphatic carbocycles. The van der Waals surface area contributed by atoms with Gasteiger partial charge in [-0.15, -0.1) is 11.8 Å². The number of hydrogen-bond donors (Lipinski definition) is 1. The summed E-state index contributed by atoms with van der Waals surface area (Å²) in [7, 11) is 0. The molecule has 1 amide bonds.